The highest BCUT2D eigenvalue weighted by Gasteiger charge is 2.11. The van der Waals surface area contributed by atoms with Gasteiger partial charge in [0.2, 0.25) is 0 Å². The molecule has 0 fully saturated rings. The van der Waals surface area contributed by atoms with Crippen molar-refractivity contribution in [3.8, 4) is 5.75 Å². The summed E-state index contributed by atoms with van der Waals surface area (Å²) < 4.78 is 5.58. The van der Waals surface area contributed by atoms with Gasteiger partial charge in [0.25, 0.3) is 0 Å². The third-order valence-electron chi connectivity index (χ3n) is 2.29. The Labute approximate surface area is 111 Å². The zero-order valence-electron chi connectivity index (χ0n) is 9.19. The Morgan fingerprint density at radius 2 is 1.81 bits per heavy atom. The quantitative estimate of drug-likeness (QED) is 0.880. The molecule has 0 aliphatic heterocycles. The minimum atomic E-state index is 0.280. The summed E-state index contributed by atoms with van der Waals surface area (Å²) >= 11 is 17.8. The Balaban J connectivity index is 2.74. The molecule has 0 radical (unpaired) electrons. The summed E-state index contributed by atoms with van der Waals surface area (Å²) in [6.07, 6.45) is 0.972. The lowest BCUT2D eigenvalue weighted by Crippen LogP contribution is -2.30. The molecule has 1 aromatic rings. The van der Waals surface area contributed by atoms with Gasteiger partial charge in [0.15, 0.2) is 5.75 Å². The van der Waals surface area contributed by atoms with E-state index in [2.05, 4.69) is 12.2 Å². The maximum Gasteiger partial charge on any atom is 0.156 e. The molecule has 0 amide bonds. The first kappa shape index (κ1) is 13.9. The first-order chi connectivity index (χ1) is 7.58. The monoisotopic (exact) mass is 281 g/mol. The second kappa shape index (κ2) is 6.55. The Bertz CT molecular complexity index is 330. The molecule has 90 valence electrons. The summed E-state index contributed by atoms with van der Waals surface area (Å²) in [7, 11) is 1.89. The largest absolute Gasteiger partial charge is 0.489 e. The first-order valence-electron chi connectivity index (χ1n) is 5.03. The lowest BCUT2D eigenvalue weighted by molar-refractivity contribution is 0.267. The van der Waals surface area contributed by atoms with Gasteiger partial charge in [-0.15, -0.1) is 0 Å². The second-order valence-corrected chi connectivity index (χ2v) is 4.65. The van der Waals surface area contributed by atoms with E-state index in [1.807, 2.05) is 7.05 Å². The van der Waals surface area contributed by atoms with Gasteiger partial charge in [-0.25, -0.2) is 0 Å². The van der Waals surface area contributed by atoms with Crippen LogP contribution in [0.3, 0.4) is 0 Å². The minimum absolute atomic E-state index is 0.280. The van der Waals surface area contributed by atoms with E-state index in [1.54, 1.807) is 12.1 Å². The fraction of sp³-hybridized carbons (Fsp3) is 0.455. The molecule has 0 saturated heterocycles. The third kappa shape index (κ3) is 3.70. The SMILES string of the molecule is CCC(COc1c(Cl)cc(Cl)cc1Cl)NC. The van der Waals surface area contributed by atoms with Crippen LogP contribution in [0.2, 0.25) is 15.1 Å². The van der Waals surface area contributed by atoms with E-state index < -0.39 is 0 Å². The maximum atomic E-state index is 5.99. The first-order valence-corrected chi connectivity index (χ1v) is 6.16. The molecule has 0 bridgehead atoms. The smallest absolute Gasteiger partial charge is 0.156 e. The van der Waals surface area contributed by atoms with Crippen molar-refractivity contribution in [1.29, 1.82) is 0 Å². The van der Waals surface area contributed by atoms with E-state index in [0.29, 0.717) is 27.4 Å². The highest BCUT2D eigenvalue weighted by Crippen LogP contribution is 2.35. The highest BCUT2D eigenvalue weighted by molar-refractivity contribution is 6.40. The fourth-order valence-electron chi connectivity index (χ4n) is 1.26. The molecule has 0 aliphatic carbocycles. The van der Waals surface area contributed by atoms with Crippen molar-refractivity contribution < 1.29 is 4.74 Å². The molecule has 0 saturated carbocycles. The van der Waals surface area contributed by atoms with Gasteiger partial charge in [0.1, 0.15) is 6.61 Å². The van der Waals surface area contributed by atoms with Crippen LogP contribution in [0.1, 0.15) is 13.3 Å². The number of hydrogen-bond acceptors (Lipinski definition) is 2. The van der Waals surface area contributed by atoms with E-state index in [9.17, 15) is 0 Å². The van der Waals surface area contributed by atoms with Crippen LogP contribution in [0.15, 0.2) is 12.1 Å². The zero-order valence-corrected chi connectivity index (χ0v) is 11.5. The molecule has 1 atom stereocenters. The van der Waals surface area contributed by atoms with Crippen LogP contribution in [0.5, 0.6) is 5.75 Å². The Morgan fingerprint density at radius 3 is 2.25 bits per heavy atom. The number of halogens is 3. The van der Waals surface area contributed by atoms with Crippen LogP contribution in [0, 0.1) is 0 Å². The predicted octanol–water partition coefficient (Wildman–Crippen LogP) is 4.02. The van der Waals surface area contributed by atoms with Crippen molar-refractivity contribution >= 4 is 34.8 Å². The molecule has 0 aliphatic rings. The van der Waals surface area contributed by atoms with Gasteiger partial charge in [-0.1, -0.05) is 41.7 Å². The predicted molar refractivity (Wildman–Crippen MR) is 70.1 cm³/mol. The van der Waals surface area contributed by atoms with Crippen LogP contribution in [-0.2, 0) is 0 Å². The summed E-state index contributed by atoms with van der Waals surface area (Å²) in [6, 6.07) is 3.51. The van der Waals surface area contributed by atoms with Gasteiger partial charge in [0.05, 0.1) is 10.0 Å². The molecule has 1 rings (SSSR count). The number of rotatable bonds is 5. The molecule has 1 aromatic carbocycles. The number of hydrogen-bond donors (Lipinski definition) is 1. The number of likely N-dealkylation sites (N-methyl/N-ethyl adjacent to an activating group) is 1. The number of nitrogens with one attached hydrogen (secondary N) is 1. The van der Waals surface area contributed by atoms with Crippen LogP contribution in [-0.4, -0.2) is 19.7 Å². The van der Waals surface area contributed by atoms with Gasteiger partial charge >= 0.3 is 0 Å². The average molecular weight is 283 g/mol. The normalized spacial score (nSPS) is 12.6. The van der Waals surface area contributed by atoms with Gasteiger partial charge in [-0.2, -0.15) is 0 Å². The summed E-state index contributed by atoms with van der Waals surface area (Å²) in [4.78, 5) is 0. The van der Waals surface area contributed by atoms with Crippen LogP contribution < -0.4 is 10.1 Å². The molecule has 2 nitrogen and oxygen atoms in total. The summed E-state index contributed by atoms with van der Waals surface area (Å²) in [5.41, 5.74) is 0. The van der Waals surface area contributed by atoms with Crippen LogP contribution in [0.4, 0.5) is 0 Å². The Morgan fingerprint density at radius 1 is 1.25 bits per heavy atom. The average Bonchev–Trinajstić information content (AvgIpc) is 2.22. The molecule has 1 N–H and O–H groups in total. The Hall–Kier alpha value is -0.150. The molecule has 0 spiro atoms. The lowest BCUT2D eigenvalue weighted by Gasteiger charge is -2.16. The van der Waals surface area contributed by atoms with Crippen molar-refractivity contribution in [3.63, 3.8) is 0 Å². The number of benzene rings is 1. The maximum absolute atomic E-state index is 5.99. The summed E-state index contributed by atoms with van der Waals surface area (Å²) in [5.74, 6) is 0.487. The van der Waals surface area contributed by atoms with Gasteiger partial charge in [-0.05, 0) is 25.6 Å². The van der Waals surface area contributed by atoms with E-state index in [0.717, 1.165) is 6.42 Å². The van der Waals surface area contributed by atoms with Gasteiger partial charge in [-0.3, -0.25) is 0 Å². The zero-order chi connectivity index (χ0) is 12.1. The van der Waals surface area contributed by atoms with E-state index in [1.165, 1.54) is 0 Å². The fourth-order valence-corrected chi connectivity index (χ4v) is 2.18. The Kier molecular flexibility index (Phi) is 5.70. The van der Waals surface area contributed by atoms with Crippen molar-refractivity contribution in [2.45, 2.75) is 19.4 Å². The van der Waals surface area contributed by atoms with Crippen LogP contribution in [0.25, 0.3) is 0 Å². The van der Waals surface area contributed by atoms with Gasteiger partial charge in [0, 0.05) is 11.1 Å². The molecular formula is C11H14Cl3NO. The number of ether oxygens (including phenoxy) is 1. The van der Waals surface area contributed by atoms with Crippen molar-refractivity contribution in [2.24, 2.45) is 0 Å². The summed E-state index contributed by atoms with van der Waals surface area (Å²) in [5, 5.41) is 4.51. The molecular weight excluding hydrogens is 268 g/mol. The molecule has 16 heavy (non-hydrogen) atoms. The van der Waals surface area contributed by atoms with Crippen molar-refractivity contribution in [1.82, 2.24) is 5.32 Å². The molecule has 0 heterocycles. The highest BCUT2D eigenvalue weighted by atomic mass is 35.5. The summed E-state index contributed by atoms with van der Waals surface area (Å²) in [6.45, 7) is 2.60. The van der Waals surface area contributed by atoms with E-state index in [4.69, 9.17) is 39.5 Å². The second-order valence-electron chi connectivity index (χ2n) is 3.40. The topological polar surface area (TPSA) is 21.3 Å². The minimum Gasteiger partial charge on any atom is -0.489 e. The van der Waals surface area contributed by atoms with E-state index in [-0.39, 0.29) is 6.04 Å². The molecule has 5 heteroatoms. The standard InChI is InChI=1S/C11H14Cl3NO/c1-3-8(15-2)6-16-11-9(13)4-7(12)5-10(11)14/h4-5,8,15H,3,6H2,1-2H3. The third-order valence-corrected chi connectivity index (χ3v) is 3.07. The van der Waals surface area contributed by atoms with Crippen LogP contribution >= 0.6 is 34.8 Å². The van der Waals surface area contributed by atoms with Crippen molar-refractivity contribution in [2.75, 3.05) is 13.7 Å². The van der Waals surface area contributed by atoms with E-state index >= 15 is 0 Å². The van der Waals surface area contributed by atoms with Gasteiger partial charge < -0.3 is 10.1 Å². The molecule has 0 aromatic heterocycles. The van der Waals surface area contributed by atoms with Crippen molar-refractivity contribution in [3.05, 3.63) is 27.2 Å². The lowest BCUT2D eigenvalue weighted by atomic mass is 10.2. The molecule has 1 unspecified atom stereocenters.